The van der Waals surface area contributed by atoms with Crippen LogP contribution in [-0.2, 0) is 11.2 Å². The normalized spacial score (nSPS) is 12.5. The van der Waals surface area contributed by atoms with Crippen molar-refractivity contribution in [2.24, 2.45) is 5.73 Å². The minimum Gasteiger partial charge on any atom is -0.383 e. The van der Waals surface area contributed by atoms with Crippen LogP contribution >= 0.6 is 0 Å². The van der Waals surface area contributed by atoms with E-state index in [9.17, 15) is 4.39 Å². The Labute approximate surface area is 102 Å². The largest absolute Gasteiger partial charge is 0.383 e. The highest BCUT2D eigenvalue weighted by atomic mass is 19.1. The Bertz CT molecular complexity index is 357. The van der Waals surface area contributed by atoms with Crippen LogP contribution in [0, 0.1) is 5.82 Å². The third-order valence-electron chi connectivity index (χ3n) is 2.85. The molecule has 1 rings (SSSR count). The van der Waals surface area contributed by atoms with Crippen LogP contribution in [0.15, 0.2) is 18.2 Å². The van der Waals surface area contributed by atoms with Gasteiger partial charge in [0.05, 0.1) is 6.61 Å². The van der Waals surface area contributed by atoms with Crippen molar-refractivity contribution in [3.63, 3.8) is 0 Å². The van der Waals surface area contributed by atoms with E-state index in [2.05, 4.69) is 0 Å². The molecule has 0 heterocycles. The van der Waals surface area contributed by atoms with Crippen molar-refractivity contribution in [3.8, 4) is 0 Å². The molecule has 0 radical (unpaired) electrons. The van der Waals surface area contributed by atoms with Crippen LogP contribution in [0.25, 0.3) is 0 Å². The van der Waals surface area contributed by atoms with E-state index in [1.807, 2.05) is 24.9 Å². The second kappa shape index (κ2) is 6.57. The van der Waals surface area contributed by atoms with Gasteiger partial charge in [-0.3, -0.25) is 0 Å². The van der Waals surface area contributed by atoms with Gasteiger partial charge in [0.25, 0.3) is 0 Å². The molecule has 0 spiro atoms. The molecule has 1 atom stereocenters. The minimum atomic E-state index is -0.220. The number of rotatable bonds is 6. The molecule has 1 aromatic carbocycles. The zero-order valence-corrected chi connectivity index (χ0v) is 10.7. The number of benzene rings is 1. The first-order valence-electron chi connectivity index (χ1n) is 5.79. The molecule has 0 fully saturated rings. The lowest BCUT2D eigenvalue weighted by atomic mass is 10.1. The summed E-state index contributed by atoms with van der Waals surface area (Å²) in [7, 11) is 3.60. The smallest absolute Gasteiger partial charge is 0.125 e. The van der Waals surface area contributed by atoms with Gasteiger partial charge in [-0.25, -0.2) is 4.39 Å². The summed E-state index contributed by atoms with van der Waals surface area (Å²) < 4.78 is 18.6. The fourth-order valence-corrected chi connectivity index (χ4v) is 1.76. The highest BCUT2D eigenvalue weighted by Gasteiger charge is 2.11. The fraction of sp³-hybridized carbons (Fsp3) is 0.538. The van der Waals surface area contributed by atoms with E-state index in [1.165, 1.54) is 12.1 Å². The summed E-state index contributed by atoms with van der Waals surface area (Å²) in [5.41, 5.74) is 7.28. The van der Waals surface area contributed by atoms with Crippen molar-refractivity contribution in [1.82, 2.24) is 0 Å². The molecule has 0 saturated carbocycles. The summed E-state index contributed by atoms with van der Waals surface area (Å²) in [6.45, 7) is 3.18. The summed E-state index contributed by atoms with van der Waals surface area (Å²) in [4.78, 5) is 2.01. The molecule has 0 bridgehead atoms. The number of nitrogens with two attached hydrogens (primary N) is 1. The van der Waals surface area contributed by atoms with E-state index < -0.39 is 0 Å². The van der Waals surface area contributed by atoms with Gasteiger partial charge < -0.3 is 15.4 Å². The van der Waals surface area contributed by atoms with Gasteiger partial charge in [-0.05, 0) is 43.7 Å². The molecule has 2 N–H and O–H groups in total. The second-order valence-electron chi connectivity index (χ2n) is 4.27. The molecule has 0 aliphatic carbocycles. The van der Waals surface area contributed by atoms with Crippen LogP contribution in [0.4, 0.5) is 10.1 Å². The summed E-state index contributed by atoms with van der Waals surface area (Å²) in [6.07, 6.45) is 0.692. The van der Waals surface area contributed by atoms with Crippen LogP contribution in [0.5, 0.6) is 0 Å². The fourth-order valence-electron chi connectivity index (χ4n) is 1.76. The molecule has 0 aliphatic heterocycles. The summed E-state index contributed by atoms with van der Waals surface area (Å²) >= 11 is 0. The highest BCUT2D eigenvalue weighted by molar-refractivity contribution is 5.49. The van der Waals surface area contributed by atoms with Crippen LogP contribution in [0.2, 0.25) is 0 Å². The van der Waals surface area contributed by atoms with Gasteiger partial charge in [0, 0.05) is 25.9 Å². The van der Waals surface area contributed by atoms with Crippen molar-refractivity contribution in [2.45, 2.75) is 19.4 Å². The number of hydrogen-bond donors (Lipinski definition) is 1. The van der Waals surface area contributed by atoms with Gasteiger partial charge >= 0.3 is 0 Å². The summed E-state index contributed by atoms with van der Waals surface area (Å²) in [5, 5.41) is 0. The Hall–Kier alpha value is -1.13. The first-order valence-corrected chi connectivity index (χ1v) is 5.79. The van der Waals surface area contributed by atoms with Crippen LogP contribution in [0.1, 0.15) is 12.5 Å². The molecule has 4 heteroatoms. The predicted molar refractivity (Wildman–Crippen MR) is 68.9 cm³/mol. The van der Waals surface area contributed by atoms with E-state index in [0.717, 1.165) is 11.3 Å². The summed E-state index contributed by atoms with van der Waals surface area (Å²) in [6, 6.07) is 5.24. The molecule has 0 saturated heterocycles. The third kappa shape index (κ3) is 3.98. The quantitative estimate of drug-likeness (QED) is 0.824. The van der Waals surface area contributed by atoms with Crippen molar-refractivity contribution in [1.29, 1.82) is 0 Å². The molecular formula is C13H21FN2O. The second-order valence-corrected chi connectivity index (χ2v) is 4.27. The first-order chi connectivity index (χ1) is 8.08. The average molecular weight is 240 g/mol. The number of ether oxygens (including phenoxy) is 1. The topological polar surface area (TPSA) is 38.5 Å². The lowest BCUT2D eigenvalue weighted by Gasteiger charge is -2.27. The zero-order chi connectivity index (χ0) is 12.8. The van der Waals surface area contributed by atoms with Gasteiger partial charge in [-0.2, -0.15) is 0 Å². The van der Waals surface area contributed by atoms with Crippen molar-refractivity contribution >= 4 is 5.69 Å². The van der Waals surface area contributed by atoms with Crippen LogP contribution in [-0.4, -0.2) is 33.4 Å². The predicted octanol–water partition coefficient (Wildman–Crippen LogP) is 1.80. The average Bonchev–Trinajstić information content (AvgIpc) is 2.28. The number of likely N-dealkylation sites (N-methyl/N-ethyl adjacent to an activating group) is 1. The van der Waals surface area contributed by atoms with E-state index in [4.69, 9.17) is 10.5 Å². The standard InChI is InChI=1S/C13H21FN2O/c1-10(9-17-3)16(2)13-7-11(4-5-15)6-12(14)8-13/h6-8,10H,4-5,9,15H2,1-3H3. The lowest BCUT2D eigenvalue weighted by Crippen LogP contribution is -2.32. The Kier molecular flexibility index (Phi) is 5.38. The maximum atomic E-state index is 13.5. The van der Waals surface area contributed by atoms with E-state index in [0.29, 0.717) is 19.6 Å². The number of nitrogens with zero attached hydrogens (tertiary/aromatic N) is 1. The molecule has 17 heavy (non-hydrogen) atoms. The van der Waals surface area contributed by atoms with E-state index >= 15 is 0 Å². The highest BCUT2D eigenvalue weighted by Crippen LogP contribution is 2.19. The maximum absolute atomic E-state index is 13.5. The van der Waals surface area contributed by atoms with Gasteiger partial charge in [0.2, 0.25) is 0 Å². The Morgan fingerprint density at radius 3 is 2.71 bits per heavy atom. The number of methoxy groups -OCH3 is 1. The van der Waals surface area contributed by atoms with Crippen molar-refractivity contribution in [2.75, 3.05) is 32.2 Å². The lowest BCUT2D eigenvalue weighted by molar-refractivity contribution is 0.183. The van der Waals surface area contributed by atoms with Crippen molar-refractivity contribution < 1.29 is 9.13 Å². The molecule has 1 aromatic rings. The molecule has 0 aliphatic rings. The number of hydrogen-bond acceptors (Lipinski definition) is 3. The molecule has 0 amide bonds. The van der Waals surface area contributed by atoms with Gasteiger partial charge in [-0.1, -0.05) is 0 Å². The SMILES string of the molecule is COCC(C)N(C)c1cc(F)cc(CCN)c1. The molecule has 0 aromatic heterocycles. The monoisotopic (exact) mass is 240 g/mol. The molecule has 96 valence electrons. The van der Waals surface area contributed by atoms with Crippen LogP contribution < -0.4 is 10.6 Å². The Balaban J connectivity index is 2.88. The van der Waals surface area contributed by atoms with Crippen LogP contribution in [0.3, 0.4) is 0 Å². The van der Waals surface area contributed by atoms with Gasteiger partial charge in [0.1, 0.15) is 5.82 Å². The Morgan fingerprint density at radius 2 is 2.12 bits per heavy atom. The first kappa shape index (κ1) is 13.9. The molecule has 1 unspecified atom stereocenters. The van der Waals surface area contributed by atoms with E-state index in [-0.39, 0.29) is 11.9 Å². The summed E-state index contributed by atoms with van der Waals surface area (Å²) in [5.74, 6) is -0.220. The minimum absolute atomic E-state index is 0.201. The van der Waals surface area contributed by atoms with Crippen molar-refractivity contribution in [3.05, 3.63) is 29.6 Å². The van der Waals surface area contributed by atoms with Gasteiger partial charge in [-0.15, -0.1) is 0 Å². The Morgan fingerprint density at radius 1 is 1.41 bits per heavy atom. The zero-order valence-electron chi connectivity index (χ0n) is 10.7. The molecule has 3 nitrogen and oxygen atoms in total. The molecular weight excluding hydrogens is 219 g/mol. The third-order valence-corrected chi connectivity index (χ3v) is 2.85. The van der Waals surface area contributed by atoms with Gasteiger partial charge in [0.15, 0.2) is 0 Å². The number of anilines is 1. The number of halogens is 1. The maximum Gasteiger partial charge on any atom is 0.125 e. The van der Waals surface area contributed by atoms with E-state index in [1.54, 1.807) is 7.11 Å².